The Morgan fingerprint density at radius 1 is 1.11 bits per heavy atom. The Hall–Kier alpha value is -1.52. The van der Waals surface area contributed by atoms with Crippen LogP contribution in [0, 0.1) is 0 Å². The summed E-state index contributed by atoms with van der Waals surface area (Å²) in [6.45, 7) is 0. The van der Waals surface area contributed by atoms with Gasteiger partial charge >= 0.3 is 0 Å². The van der Waals surface area contributed by atoms with Gasteiger partial charge in [0.1, 0.15) is 5.01 Å². The molecule has 0 amide bonds. The largest absolute Gasteiger partial charge is 0.399 e. The van der Waals surface area contributed by atoms with E-state index in [1.54, 1.807) is 11.3 Å². The number of nitrogens with zero attached hydrogens (tertiary/aromatic N) is 1. The van der Waals surface area contributed by atoms with Gasteiger partial charge in [0.15, 0.2) is 0 Å². The van der Waals surface area contributed by atoms with Gasteiger partial charge in [0.2, 0.25) is 0 Å². The standard InChI is InChI=1S/C14H12N2S2/c15-10-6-7-12-13(8-10)18-14(16-12)9-17-11-4-2-1-3-5-11/h1-8H,9,15H2. The van der Waals surface area contributed by atoms with Crippen molar-refractivity contribution in [1.29, 1.82) is 0 Å². The molecule has 2 N–H and O–H groups in total. The number of fused-ring (bicyclic) bond motifs is 1. The topological polar surface area (TPSA) is 38.9 Å². The van der Waals surface area contributed by atoms with Crippen LogP contribution in [0.4, 0.5) is 5.69 Å². The average Bonchev–Trinajstić information content (AvgIpc) is 2.79. The molecule has 0 aliphatic carbocycles. The van der Waals surface area contributed by atoms with E-state index in [0.717, 1.165) is 22.0 Å². The van der Waals surface area contributed by atoms with Crippen molar-refractivity contribution >= 4 is 39.0 Å². The predicted octanol–water partition coefficient (Wildman–Crippen LogP) is 4.17. The number of hydrogen-bond donors (Lipinski definition) is 1. The summed E-state index contributed by atoms with van der Waals surface area (Å²) in [5, 5.41) is 1.14. The molecule has 2 nitrogen and oxygen atoms in total. The van der Waals surface area contributed by atoms with Gasteiger partial charge in [0.25, 0.3) is 0 Å². The summed E-state index contributed by atoms with van der Waals surface area (Å²) < 4.78 is 1.17. The van der Waals surface area contributed by atoms with Crippen LogP contribution in [-0.2, 0) is 5.75 Å². The number of aromatic nitrogens is 1. The molecule has 0 unspecified atom stereocenters. The summed E-state index contributed by atoms with van der Waals surface area (Å²) in [6, 6.07) is 16.3. The van der Waals surface area contributed by atoms with Crippen molar-refractivity contribution in [3.8, 4) is 0 Å². The summed E-state index contributed by atoms with van der Waals surface area (Å²) in [5.74, 6) is 0.906. The van der Waals surface area contributed by atoms with Gasteiger partial charge in [-0.3, -0.25) is 0 Å². The normalized spacial score (nSPS) is 10.9. The van der Waals surface area contributed by atoms with E-state index in [1.807, 2.05) is 36.0 Å². The van der Waals surface area contributed by atoms with Gasteiger partial charge in [-0.2, -0.15) is 0 Å². The van der Waals surface area contributed by atoms with Crippen LogP contribution in [-0.4, -0.2) is 4.98 Å². The molecule has 0 saturated heterocycles. The Bertz CT molecular complexity index is 662. The number of hydrogen-bond acceptors (Lipinski definition) is 4. The Labute approximate surface area is 114 Å². The zero-order chi connectivity index (χ0) is 12.4. The van der Waals surface area contributed by atoms with Crippen LogP contribution in [0.1, 0.15) is 5.01 Å². The molecule has 0 bridgehead atoms. The van der Waals surface area contributed by atoms with Crippen LogP contribution < -0.4 is 5.73 Å². The fraction of sp³-hybridized carbons (Fsp3) is 0.0714. The highest BCUT2D eigenvalue weighted by molar-refractivity contribution is 7.98. The summed E-state index contributed by atoms with van der Waals surface area (Å²) >= 11 is 3.53. The smallest absolute Gasteiger partial charge is 0.104 e. The second kappa shape index (κ2) is 5.00. The van der Waals surface area contributed by atoms with E-state index in [1.165, 1.54) is 9.60 Å². The molecule has 1 heterocycles. The third-order valence-electron chi connectivity index (χ3n) is 2.56. The first-order valence-electron chi connectivity index (χ1n) is 5.64. The molecule has 4 heteroatoms. The van der Waals surface area contributed by atoms with Crippen LogP contribution in [0.5, 0.6) is 0 Å². The number of thioether (sulfide) groups is 1. The third kappa shape index (κ3) is 2.49. The summed E-state index contributed by atoms with van der Waals surface area (Å²) in [4.78, 5) is 5.89. The molecule has 3 aromatic rings. The van der Waals surface area contributed by atoms with E-state index in [4.69, 9.17) is 5.73 Å². The number of thiazole rings is 1. The first-order valence-corrected chi connectivity index (χ1v) is 7.44. The van der Waals surface area contributed by atoms with Gasteiger partial charge in [-0.25, -0.2) is 4.98 Å². The fourth-order valence-electron chi connectivity index (χ4n) is 1.71. The van der Waals surface area contributed by atoms with Gasteiger partial charge in [0.05, 0.1) is 16.0 Å². The van der Waals surface area contributed by atoms with E-state index < -0.39 is 0 Å². The molecule has 0 aliphatic heterocycles. The van der Waals surface area contributed by atoms with Gasteiger partial charge in [0, 0.05) is 10.6 Å². The number of nitrogen functional groups attached to an aromatic ring is 1. The van der Waals surface area contributed by atoms with E-state index in [2.05, 4.69) is 29.2 Å². The minimum Gasteiger partial charge on any atom is -0.399 e. The maximum atomic E-state index is 5.77. The van der Waals surface area contributed by atoms with Crippen LogP contribution >= 0.6 is 23.1 Å². The van der Waals surface area contributed by atoms with Gasteiger partial charge in [-0.15, -0.1) is 23.1 Å². The first kappa shape index (κ1) is 11.6. The van der Waals surface area contributed by atoms with Crippen molar-refractivity contribution in [3.05, 3.63) is 53.5 Å². The number of anilines is 1. The summed E-state index contributed by atoms with van der Waals surface area (Å²) in [6.07, 6.45) is 0. The van der Waals surface area contributed by atoms with Crippen LogP contribution in [0.2, 0.25) is 0 Å². The monoisotopic (exact) mass is 272 g/mol. The van der Waals surface area contributed by atoms with Crippen molar-refractivity contribution in [2.24, 2.45) is 0 Å². The maximum Gasteiger partial charge on any atom is 0.104 e. The summed E-state index contributed by atoms with van der Waals surface area (Å²) in [7, 11) is 0. The van der Waals surface area contributed by atoms with Crippen LogP contribution in [0.25, 0.3) is 10.2 Å². The highest BCUT2D eigenvalue weighted by Gasteiger charge is 2.04. The Balaban J connectivity index is 1.79. The Morgan fingerprint density at radius 2 is 1.94 bits per heavy atom. The van der Waals surface area contributed by atoms with Gasteiger partial charge < -0.3 is 5.73 Å². The zero-order valence-electron chi connectivity index (χ0n) is 9.67. The van der Waals surface area contributed by atoms with E-state index in [-0.39, 0.29) is 0 Å². The molecule has 0 spiro atoms. The van der Waals surface area contributed by atoms with E-state index in [9.17, 15) is 0 Å². The quantitative estimate of drug-likeness (QED) is 0.574. The van der Waals surface area contributed by atoms with Crippen molar-refractivity contribution in [2.75, 3.05) is 5.73 Å². The lowest BCUT2D eigenvalue weighted by molar-refractivity contribution is 1.30. The fourth-order valence-corrected chi connectivity index (χ4v) is 3.64. The van der Waals surface area contributed by atoms with E-state index >= 15 is 0 Å². The van der Waals surface area contributed by atoms with Crippen LogP contribution in [0.15, 0.2) is 53.4 Å². The van der Waals surface area contributed by atoms with Crippen molar-refractivity contribution < 1.29 is 0 Å². The molecule has 90 valence electrons. The van der Waals surface area contributed by atoms with Crippen molar-refractivity contribution in [3.63, 3.8) is 0 Å². The Morgan fingerprint density at radius 3 is 2.78 bits per heavy atom. The second-order valence-electron chi connectivity index (χ2n) is 3.94. The number of nitrogens with two attached hydrogens (primary N) is 1. The summed E-state index contributed by atoms with van der Waals surface area (Å²) in [5.41, 5.74) is 7.61. The minimum absolute atomic E-state index is 0.799. The van der Waals surface area contributed by atoms with Crippen molar-refractivity contribution in [1.82, 2.24) is 4.98 Å². The molecule has 0 fully saturated rings. The molecule has 18 heavy (non-hydrogen) atoms. The molecular weight excluding hydrogens is 260 g/mol. The zero-order valence-corrected chi connectivity index (χ0v) is 11.3. The highest BCUT2D eigenvalue weighted by atomic mass is 32.2. The highest BCUT2D eigenvalue weighted by Crippen LogP contribution is 2.29. The molecule has 0 saturated carbocycles. The maximum absolute atomic E-state index is 5.77. The lowest BCUT2D eigenvalue weighted by Gasteiger charge is -1.97. The third-order valence-corrected chi connectivity index (χ3v) is 4.79. The average molecular weight is 272 g/mol. The minimum atomic E-state index is 0.799. The molecule has 0 atom stereocenters. The van der Waals surface area contributed by atoms with Gasteiger partial charge in [-0.05, 0) is 30.3 Å². The molecule has 0 aliphatic rings. The molecule has 1 aromatic heterocycles. The molecular formula is C14H12N2S2. The number of benzene rings is 2. The van der Waals surface area contributed by atoms with Crippen LogP contribution in [0.3, 0.4) is 0 Å². The Kier molecular flexibility index (Phi) is 3.21. The van der Waals surface area contributed by atoms with Crippen molar-refractivity contribution in [2.45, 2.75) is 10.6 Å². The lowest BCUT2D eigenvalue weighted by Crippen LogP contribution is -1.81. The number of rotatable bonds is 3. The van der Waals surface area contributed by atoms with Gasteiger partial charge in [-0.1, -0.05) is 18.2 Å². The van der Waals surface area contributed by atoms with E-state index in [0.29, 0.717) is 0 Å². The predicted molar refractivity (Wildman–Crippen MR) is 80.0 cm³/mol. The SMILES string of the molecule is Nc1ccc2nc(CSc3ccccc3)sc2c1. The second-order valence-corrected chi connectivity index (χ2v) is 6.10. The molecule has 2 aromatic carbocycles. The molecule has 0 radical (unpaired) electrons. The molecule has 3 rings (SSSR count). The first-order chi connectivity index (χ1) is 8.81. The lowest BCUT2D eigenvalue weighted by atomic mass is 10.3.